The molecule has 1 aromatic rings. The van der Waals surface area contributed by atoms with Crippen molar-refractivity contribution in [3.8, 4) is 5.75 Å². The van der Waals surface area contributed by atoms with Crippen LogP contribution in [0.5, 0.6) is 5.75 Å². The van der Waals surface area contributed by atoms with Crippen LogP contribution < -0.4 is 4.74 Å². The maximum Gasteiger partial charge on any atom is 0.229 e. The third-order valence-electron chi connectivity index (χ3n) is 2.80. The van der Waals surface area contributed by atoms with Gasteiger partial charge in [0.1, 0.15) is 18.5 Å². The minimum absolute atomic E-state index is 0.0126. The second-order valence-electron chi connectivity index (χ2n) is 4.32. The van der Waals surface area contributed by atoms with Crippen LogP contribution in [0.4, 0.5) is 0 Å². The summed E-state index contributed by atoms with van der Waals surface area (Å²) in [6.07, 6.45) is -0.450. The average Bonchev–Trinajstić information content (AvgIpc) is 2.70. The van der Waals surface area contributed by atoms with Crippen LogP contribution in [0, 0.1) is 0 Å². The Balaban J connectivity index is 1.81. The summed E-state index contributed by atoms with van der Waals surface area (Å²) in [6, 6.07) is 6.72. The molecule has 1 fully saturated rings. The van der Waals surface area contributed by atoms with Crippen molar-refractivity contribution in [3.63, 3.8) is 0 Å². The van der Waals surface area contributed by atoms with Gasteiger partial charge in [-0.05, 0) is 24.3 Å². The molecule has 19 heavy (non-hydrogen) atoms. The Morgan fingerprint density at radius 1 is 1.21 bits per heavy atom. The molecule has 2 rings (SSSR count). The first kappa shape index (κ1) is 13.8. The van der Waals surface area contributed by atoms with Gasteiger partial charge in [-0.25, -0.2) is 0 Å². The molecule has 0 aromatic heterocycles. The summed E-state index contributed by atoms with van der Waals surface area (Å²) in [5, 5.41) is 10.4. The first-order valence-corrected chi connectivity index (χ1v) is 6.33. The number of amides is 2. The number of nitrogens with zero attached hydrogens (tertiary/aromatic N) is 1. The average molecular weight is 284 g/mol. The molecule has 6 heteroatoms. The fourth-order valence-electron chi connectivity index (χ4n) is 1.81. The van der Waals surface area contributed by atoms with Crippen molar-refractivity contribution in [2.75, 3.05) is 13.2 Å². The van der Waals surface area contributed by atoms with E-state index in [1.807, 2.05) is 0 Å². The molecule has 1 aliphatic rings. The molecule has 0 spiro atoms. The highest BCUT2D eigenvalue weighted by atomic mass is 35.5. The Hall–Kier alpha value is -1.59. The van der Waals surface area contributed by atoms with Gasteiger partial charge in [-0.3, -0.25) is 14.5 Å². The van der Waals surface area contributed by atoms with Gasteiger partial charge < -0.3 is 9.84 Å². The number of ether oxygens (including phenoxy) is 1. The zero-order valence-corrected chi connectivity index (χ0v) is 11.0. The molecule has 5 nitrogen and oxygen atoms in total. The van der Waals surface area contributed by atoms with Gasteiger partial charge in [-0.15, -0.1) is 0 Å². The summed E-state index contributed by atoms with van der Waals surface area (Å²) in [6.45, 7) is -0.00997. The van der Waals surface area contributed by atoms with E-state index < -0.39 is 6.10 Å². The molecule has 1 N–H and O–H groups in total. The number of rotatable bonds is 5. The molecule has 1 aliphatic heterocycles. The third-order valence-corrected chi connectivity index (χ3v) is 3.06. The van der Waals surface area contributed by atoms with Crippen molar-refractivity contribution in [1.29, 1.82) is 0 Å². The van der Waals surface area contributed by atoms with Crippen molar-refractivity contribution in [3.05, 3.63) is 29.3 Å². The summed E-state index contributed by atoms with van der Waals surface area (Å²) in [5.41, 5.74) is 0. The summed E-state index contributed by atoms with van der Waals surface area (Å²) < 4.78 is 5.35. The largest absolute Gasteiger partial charge is 0.491 e. The highest BCUT2D eigenvalue weighted by Gasteiger charge is 2.30. The zero-order valence-electron chi connectivity index (χ0n) is 10.2. The van der Waals surface area contributed by atoms with E-state index in [1.165, 1.54) is 0 Å². The van der Waals surface area contributed by atoms with Gasteiger partial charge in [0.25, 0.3) is 0 Å². The third kappa shape index (κ3) is 3.68. The molecule has 0 bridgehead atoms. The van der Waals surface area contributed by atoms with Crippen molar-refractivity contribution < 1.29 is 19.4 Å². The summed E-state index contributed by atoms with van der Waals surface area (Å²) in [5.74, 6) is 0.0913. The quantitative estimate of drug-likeness (QED) is 0.826. The molecular formula is C13H14ClNO4. The number of hydrogen-bond donors (Lipinski definition) is 1. The monoisotopic (exact) mass is 283 g/mol. The second kappa shape index (κ2) is 6.04. The number of likely N-dealkylation sites (tertiary alicyclic amines) is 1. The standard InChI is InChI=1S/C13H14ClNO4/c14-9-1-3-11(4-2-9)19-8-10(16)7-15-12(17)5-6-13(15)18/h1-4,10,16H,5-8H2/t10-/m0/s1. The number of halogens is 1. The number of aliphatic hydroxyl groups is 1. The molecular weight excluding hydrogens is 270 g/mol. The first-order chi connectivity index (χ1) is 9.06. The normalized spacial score (nSPS) is 16.8. The van der Waals surface area contributed by atoms with Crippen LogP contribution in [-0.2, 0) is 9.59 Å². The predicted molar refractivity (Wildman–Crippen MR) is 68.9 cm³/mol. The number of carbonyl (C=O) groups is 2. The Morgan fingerprint density at radius 3 is 2.37 bits per heavy atom. The summed E-state index contributed by atoms with van der Waals surface area (Å²) >= 11 is 5.73. The van der Waals surface area contributed by atoms with Gasteiger partial charge in [-0.2, -0.15) is 0 Å². The molecule has 1 atom stereocenters. The predicted octanol–water partition coefficient (Wildman–Crippen LogP) is 1.23. The lowest BCUT2D eigenvalue weighted by atomic mass is 10.3. The Morgan fingerprint density at radius 2 is 1.79 bits per heavy atom. The minimum Gasteiger partial charge on any atom is -0.491 e. The minimum atomic E-state index is -0.901. The Bertz CT molecular complexity index is 458. The van der Waals surface area contributed by atoms with Crippen LogP contribution in [0.3, 0.4) is 0 Å². The molecule has 0 radical (unpaired) electrons. The molecule has 0 unspecified atom stereocenters. The van der Waals surface area contributed by atoms with Crippen LogP contribution in [0.25, 0.3) is 0 Å². The number of β-amino-alcohol motifs (C(OH)–C–C–N with tert-alkyl or cyclic N) is 1. The number of carbonyl (C=O) groups excluding carboxylic acids is 2. The number of imide groups is 1. The van der Waals surface area contributed by atoms with E-state index in [4.69, 9.17) is 16.3 Å². The maximum absolute atomic E-state index is 11.4. The van der Waals surface area contributed by atoms with Crippen LogP contribution in [0.1, 0.15) is 12.8 Å². The van der Waals surface area contributed by atoms with Crippen LogP contribution >= 0.6 is 11.6 Å². The lowest BCUT2D eigenvalue weighted by Crippen LogP contribution is -2.38. The SMILES string of the molecule is O=C1CCC(=O)N1C[C@H](O)COc1ccc(Cl)cc1. The molecule has 1 saturated heterocycles. The van der Waals surface area contributed by atoms with Crippen LogP contribution in [0.15, 0.2) is 24.3 Å². The number of hydrogen-bond acceptors (Lipinski definition) is 4. The van der Waals surface area contributed by atoms with E-state index in [-0.39, 0.29) is 37.8 Å². The lowest BCUT2D eigenvalue weighted by Gasteiger charge is -2.18. The Labute approximate surface area is 115 Å². The Kier molecular flexibility index (Phi) is 4.39. The topological polar surface area (TPSA) is 66.8 Å². The van der Waals surface area contributed by atoms with Gasteiger partial charge in [0, 0.05) is 17.9 Å². The van der Waals surface area contributed by atoms with Crippen molar-refractivity contribution in [1.82, 2.24) is 4.90 Å². The smallest absolute Gasteiger partial charge is 0.229 e. The maximum atomic E-state index is 11.4. The van der Waals surface area contributed by atoms with Gasteiger partial charge in [0.2, 0.25) is 11.8 Å². The van der Waals surface area contributed by atoms with E-state index in [2.05, 4.69) is 0 Å². The van der Waals surface area contributed by atoms with Gasteiger partial charge in [0.05, 0.1) is 6.54 Å². The van der Waals surface area contributed by atoms with Gasteiger partial charge in [-0.1, -0.05) is 11.6 Å². The highest BCUT2D eigenvalue weighted by molar-refractivity contribution is 6.30. The summed E-state index contributed by atoms with van der Waals surface area (Å²) in [4.78, 5) is 23.8. The van der Waals surface area contributed by atoms with Gasteiger partial charge in [0.15, 0.2) is 0 Å². The lowest BCUT2D eigenvalue weighted by molar-refractivity contribution is -0.140. The molecule has 0 aliphatic carbocycles. The van der Waals surface area contributed by atoms with Crippen LogP contribution in [-0.4, -0.2) is 41.1 Å². The molecule has 1 aromatic carbocycles. The van der Waals surface area contributed by atoms with Gasteiger partial charge >= 0.3 is 0 Å². The first-order valence-electron chi connectivity index (χ1n) is 5.96. The molecule has 1 heterocycles. The molecule has 2 amide bonds. The van der Waals surface area contributed by atoms with E-state index >= 15 is 0 Å². The van der Waals surface area contributed by atoms with Crippen molar-refractivity contribution >= 4 is 23.4 Å². The van der Waals surface area contributed by atoms with Crippen molar-refractivity contribution in [2.45, 2.75) is 18.9 Å². The summed E-state index contributed by atoms with van der Waals surface area (Å²) in [7, 11) is 0. The van der Waals surface area contributed by atoms with E-state index in [0.29, 0.717) is 10.8 Å². The van der Waals surface area contributed by atoms with E-state index in [0.717, 1.165) is 4.90 Å². The van der Waals surface area contributed by atoms with Crippen molar-refractivity contribution in [2.24, 2.45) is 0 Å². The fourth-order valence-corrected chi connectivity index (χ4v) is 1.94. The van der Waals surface area contributed by atoms with E-state index in [9.17, 15) is 14.7 Å². The fraction of sp³-hybridized carbons (Fsp3) is 0.385. The zero-order chi connectivity index (χ0) is 13.8. The van der Waals surface area contributed by atoms with Crippen LogP contribution in [0.2, 0.25) is 5.02 Å². The number of benzene rings is 1. The second-order valence-corrected chi connectivity index (χ2v) is 4.75. The number of aliphatic hydroxyl groups excluding tert-OH is 1. The van der Waals surface area contributed by atoms with E-state index in [1.54, 1.807) is 24.3 Å². The molecule has 0 saturated carbocycles. The molecule has 102 valence electrons. The highest BCUT2D eigenvalue weighted by Crippen LogP contribution is 2.16.